The van der Waals surface area contributed by atoms with E-state index in [1.807, 2.05) is 263 Å². The number of amides is 6. The number of Topliss-reactive ketones (excluding diaryl/α,β-unsaturated/α-hetero) is 1. The van der Waals surface area contributed by atoms with Gasteiger partial charge in [-0.15, -0.1) is 24.8 Å². The molecule has 6 saturated heterocycles. The fourth-order valence-corrected chi connectivity index (χ4v) is 16.9. The second-order valence-corrected chi connectivity index (χ2v) is 38.6. The van der Waals surface area contributed by atoms with Crippen LogP contribution in [0.2, 0.25) is 0 Å². The van der Waals surface area contributed by atoms with E-state index in [2.05, 4.69) is 106 Å². The molecular weight excluding hydrogens is 1720 g/mol. The van der Waals surface area contributed by atoms with Crippen molar-refractivity contribution in [2.45, 2.75) is 251 Å². The van der Waals surface area contributed by atoms with Gasteiger partial charge < -0.3 is 79.9 Å². The Morgan fingerprint density at radius 1 is 0.383 bits per heavy atom. The van der Waals surface area contributed by atoms with Gasteiger partial charge in [0.15, 0.2) is 0 Å². The Morgan fingerprint density at radius 3 is 1.00 bits per heavy atom. The first-order valence-electron chi connectivity index (χ1n) is 46.9. The third-order valence-electron chi connectivity index (χ3n) is 23.7. The lowest BCUT2D eigenvalue weighted by molar-refractivity contribution is -0.123. The number of likely N-dealkylation sites (tertiary alicyclic amines) is 4. The normalized spacial score (nSPS) is 21.1. The number of piperidine rings is 6. The standard InChI is InChI=1S/2C20H24N2O2.C18H27NO2.C17H22N2O2.C17H26N2O2.C16H21NO3.2ClH/c2*23-20(24-15-16-7-3-1-4-8-16)22-14-17-11-12-21-19(13-17)18-9-5-2-6-10-18;1-5-14-11-12-19(17(20)21-18(2,3)4)16(13-14)15-9-7-6-8-10-15;1-17(2,3)21-16(20)19-11-10-14(18-4)12-15(19)13-8-6-5-7-9-13;1-17(2,3)21-16(20)19-10-9-13(12-18)11-15(19)14-7-5-4-6-8-14;1-16(2,3)20-15(19)17-10-9-13(18)11-14(17)12-7-5-4-6-8-12;;/h2*1-10,17,19,21H,11-15H2,(H,22,23);6-10,14,16H,5,11-13H2,1-4H3;5-9,14-15H,10-12H2,1-3H3;4-8,13,15H,9-12,18H2,1-3H3;4-8,14H,9-11H2,1-3H3;2*1H/t2*17-,19?;;;;;;/m10....../s1. The number of nitrogens with one attached hydrogen (secondary N) is 4. The molecule has 0 aromatic heterocycles. The lowest BCUT2D eigenvalue weighted by atomic mass is 9.86. The van der Waals surface area contributed by atoms with Crippen LogP contribution in [0.3, 0.4) is 0 Å². The summed E-state index contributed by atoms with van der Waals surface area (Å²) in [4.78, 5) is 96.0. The summed E-state index contributed by atoms with van der Waals surface area (Å²) in [5, 5.41) is 12.9. The Morgan fingerprint density at radius 2 is 0.677 bits per heavy atom. The minimum absolute atomic E-state index is 0. The van der Waals surface area contributed by atoms with E-state index in [9.17, 15) is 33.6 Å². The molecule has 25 heteroatoms. The van der Waals surface area contributed by atoms with Crippen LogP contribution < -0.4 is 27.0 Å². The number of rotatable bonds is 16. The minimum Gasteiger partial charge on any atom is -0.445 e. The number of nitrogens with zero attached hydrogens (tertiary/aromatic N) is 5. The summed E-state index contributed by atoms with van der Waals surface area (Å²) in [7, 11) is 0. The zero-order valence-electron chi connectivity index (χ0n) is 80.4. The summed E-state index contributed by atoms with van der Waals surface area (Å²) in [6, 6.07) is 81.1. The molecule has 14 rings (SSSR count). The smallest absolute Gasteiger partial charge is 0.410 e. The third-order valence-corrected chi connectivity index (χ3v) is 23.7. The van der Waals surface area contributed by atoms with Gasteiger partial charge in [0.1, 0.15) is 41.4 Å². The highest BCUT2D eigenvalue weighted by molar-refractivity contribution is 5.86. The first-order valence-corrected chi connectivity index (χ1v) is 46.9. The van der Waals surface area contributed by atoms with E-state index in [-0.39, 0.29) is 97.4 Å². The molecule has 6 aliphatic rings. The van der Waals surface area contributed by atoms with Gasteiger partial charge in [0.05, 0.1) is 24.2 Å². The second-order valence-electron chi connectivity index (χ2n) is 38.6. The Balaban J connectivity index is 0.000000218. The number of benzene rings is 8. The van der Waals surface area contributed by atoms with Crippen LogP contribution in [0, 0.1) is 30.2 Å². The molecule has 11 atom stereocenters. The molecular formula is C108H146Cl2N10O13. The highest BCUT2D eigenvalue weighted by Gasteiger charge is 2.41. The van der Waals surface area contributed by atoms with Crippen molar-refractivity contribution in [1.82, 2.24) is 40.9 Å². The molecule has 720 valence electrons. The van der Waals surface area contributed by atoms with Crippen LogP contribution in [0.1, 0.15) is 254 Å². The largest absolute Gasteiger partial charge is 0.445 e. The molecule has 6 heterocycles. The highest BCUT2D eigenvalue weighted by atomic mass is 35.5. The number of alkyl carbamates (subject to hydrolysis) is 2. The summed E-state index contributed by atoms with van der Waals surface area (Å²) >= 11 is 0. The average Bonchev–Trinajstić information content (AvgIpc) is 0.815. The number of halogens is 2. The van der Waals surface area contributed by atoms with Crippen molar-refractivity contribution < 1.29 is 62.0 Å². The van der Waals surface area contributed by atoms with E-state index in [0.29, 0.717) is 114 Å². The van der Waals surface area contributed by atoms with Gasteiger partial charge in [0, 0.05) is 77.0 Å². The summed E-state index contributed by atoms with van der Waals surface area (Å²) in [5.74, 6) is 2.29. The van der Waals surface area contributed by atoms with Gasteiger partial charge in [-0.2, -0.15) is 0 Å². The topological polar surface area (TPSA) is 266 Å². The number of nitrogens with two attached hydrogens (primary N) is 1. The zero-order valence-corrected chi connectivity index (χ0v) is 82.0. The van der Waals surface area contributed by atoms with Gasteiger partial charge in [0.2, 0.25) is 6.04 Å². The van der Waals surface area contributed by atoms with Crippen LogP contribution >= 0.6 is 24.8 Å². The molecule has 133 heavy (non-hydrogen) atoms. The Labute approximate surface area is 803 Å². The first kappa shape index (κ1) is 109. The maximum atomic E-state index is 12.5. The van der Waals surface area contributed by atoms with Crippen molar-refractivity contribution in [3.63, 3.8) is 0 Å². The average molecular weight is 1860 g/mol. The van der Waals surface area contributed by atoms with Crippen LogP contribution in [-0.4, -0.2) is 149 Å². The molecule has 0 radical (unpaired) electrons. The molecule has 6 aliphatic heterocycles. The van der Waals surface area contributed by atoms with Crippen LogP contribution in [0.4, 0.5) is 28.8 Å². The predicted octanol–water partition coefficient (Wildman–Crippen LogP) is 23.6. The monoisotopic (exact) mass is 1860 g/mol. The molecule has 9 unspecified atom stereocenters. The zero-order chi connectivity index (χ0) is 94.4. The molecule has 0 bridgehead atoms. The van der Waals surface area contributed by atoms with Crippen LogP contribution in [0.15, 0.2) is 243 Å². The van der Waals surface area contributed by atoms with Gasteiger partial charge in [-0.3, -0.25) is 4.79 Å². The van der Waals surface area contributed by atoms with E-state index in [0.717, 1.165) is 98.8 Å². The lowest BCUT2D eigenvalue weighted by Gasteiger charge is -2.40. The molecule has 0 saturated carbocycles. The minimum atomic E-state index is -0.528. The van der Waals surface area contributed by atoms with E-state index in [1.54, 1.807) is 9.80 Å². The number of hydrogen-bond donors (Lipinski definition) is 5. The summed E-state index contributed by atoms with van der Waals surface area (Å²) < 4.78 is 32.6. The number of carbonyl (C=O) groups excluding carboxylic acids is 7. The van der Waals surface area contributed by atoms with Crippen molar-refractivity contribution in [3.8, 4) is 0 Å². The van der Waals surface area contributed by atoms with E-state index in [1.165, 1.54) is 23.1 Å². The molecule has 6 N–H and O–H groups in total. The summed E-state index contributed by atoms with van der Waals surface area (Å²) in [6.07, 6.45) is 9.74. The van der Waals surface area contributed by atoms with E-state index < -0.39 is 22.4 Å². The molecule has 8 aromatic rings. The quantitative estimate of drug-likeness (QED) is 0.0444. The van der Waals surface area contributed by atoms with Crippen LogP contribution in [0.5, 0.6) is 0 Å². The second kappa shape index (κ2) is 55.0. The van der Waals surface area contributed by atoms with Crippen molar-refractivity contribution in [2.75, 3.05) is 58.9 Å². The summed E-state index contributed by atoms with van der Waals surface area (Å²) in [6.45, 7) is 39.1. The Hall–Kier alpha value is -11.0. The molecule has 8 aromatic carbocycles. The Kier molecular flexibility index (Phi) is 45.1. The van der Waals surface area contributed by atoms with E-state index in [4.69, 9.17) is 40.7 Å². The van der Waals surface area contributed by atoms with Crippen molar-refractivity contribution in [2.24, 2.45) is 29.4 Å². The van der Waals surface area contributed by atoms with Gasteiger partial charge in [-0.1, -0.05) is 256 Å². The fourth-order valence-electron chi connectivity index (χ4n) is 16.9. The third kappa shape index (κ3) is 38.5. The first-order chi connectivity index (χ1) is 62.7. The number of carbonyl (C=O) groups is 7. The molecule has 23 nitrogen and oxygen atoms in total. The maximum Gasteiger partial charge on any atom is 0.410 e. The van der Waals surface area contributed by atoms with Crippen LogP contribution in [0.25, 0.3) is 4.85 Å². The molecule has 0 aliphatic carbocycles. The van der Waals surface area contributed by atoms with Gasteiger partial charge in [0.25, 0.3) is 0 Å². The van der Waals surface area contributed by atoms with Gasteiger partial charge in [-0.25, -0.2) is 35.3 Å². The number of hydrogen-bond acceptors (Lipinski definition) is 16. The summed E-state index contributed by atoms with van der Waals surface area (Å²) in [5.41, 5.74) is 12.9. The maximum absolute atomic E-state index is 12.5. The van der Waals surface area contributed by atoms with Crippen molar-refractivity contribution in [3.05, 3.63) is 299 Å². The molecule has 6 amide bonds. The van der Waals surface area contributed by atoms with Crippen molar-refractivity contribution >= 4 is 67.2 Å². The Bertz CT molecular complexity index is 4570. The highest BCUT2D eigenvalue weighted by Crippen LogP contribution is 2.40. The number of ketones is 1. The number of ether oxygens (including phenoxy) is 6. The van der Waals surface area contributed by atoms with Crippen molar-refractivity contribution in [1.29, 1.82) is 0 Å². The van der Waals surface area contributed by atoms with Crippen LogP contribution in [-0.2, 0) is 46.4 Å². The molecule has 6 fully saturated rings. The molecule has 0 spiro atoms. The van der Waals surface area contributed by atoms with Gasteiger partial charge in [-0.05, 0) is 222 Å². The van der Waals surface area contributed by atoms with E-state index >= 15 is 0 Å². The SMILES string of the molecule is CC(C)(C)OC(=O)N1CCC(=O)CC1c1ccccc1.CC(C)(C)OC(=O)N1CCC(CN)CC1c1ccccc1.CCC1CCN(C(=O)OC(C)(C)C)C(c2ccccc2)C1.Cl.Cl.O=C(NC[C@@H]1CCNC(c2ccccc2)C1)OCc1ccccc1.O=C(NC[C@H]1CCNC(c2ccccc2)C1)OCc1ccccc1.[C-]#[N+]C1CCN(C(=O)OC(C)(C)C)C(c2ccccc2)C1. The fraction of sp³-hybridized carbons (Fsp3) is 0.481. The predicted molar refractivity (Wildman–Crippen MR) is 531 cm³/mol. The van der Waals surface area contributed by atoms with Gasteiger partial charge >= 0.3 is 36.6 Å². The lowest BCUT2D eigenvalue weighted by Crippen LogP contribution is -2.44.